The molecule has 0 unspecified atom stereocenters. The number of aryl methyl sites for hydroxylation is 6. The molecule has 6 aromatic carbocycles. The SMILES string of the molecule is Cc1ccc(-n2[nH]c3c(cnc4cc(C)ccc43)c2=O)cc1.Cc1ccc(-n2[nH]c3c(cnc4cc(C)ccc43)c2=O)cc1.Cc1cccc(-n2[nH]c3c(cnc4cc(C)ccc43)c2=O)c1. The molecule has 0 saturated heterocycles. The number of hydrogen-bond donors (Lipinski definition) is 3. The Kier molecular flexibility index (Phi) is 10.3. The van der Waals surface area contributed by atoms with Crippen molar-refractivity contribution in [2.24, 2.45) is 0 Å². The fourth-order valence-corrected chi connectivity index (χ4v) is 8.31. The molecule has 6 aromatic heterocycles. The molecule has 0 aliphatic carbocycles. The van der Waals surface area contributed by atoms with Crippen molar-refractivity contribution >= 4 is 65.4 Å². The van der Waals surface area contributed by atoms with Crippen molar-refractivity contribution in [2.75, 3.05) is 0 Å². The largest absolute Gasteiger partial charge is 0.290 e. The van der Waals surface area contributed by atoms with Crippen molar-refractivity contribution in [3.05, 3.63) is 210 Å². The molecule has 0 radical (unpaired) electrons. The average molecular weight is 868 g/mol. The second-order valence-corrected chi connectivity index (χ2v) is 17.0. The first-order valence-electron chi connectivity index (χ1n) is 21.6. The molecule has 0 fully saturated rings. The van der Waals surface area contributed by atoms with Crippen LogP contribution in [-0.4, -0.2) is 44.3 Å². The Morgan fingerprint density at radius 3 is 1.00 bits per heavy atom. The van der Waals surface area contributed by atoms with Crippen LogP contribution in [0.1, 0.15) is 33.4 Å². The monoisotopic (exact) mass is 867 g/mol. The molecule has 0 saturated carbocycles. The summed E-state index contributed by atoms with van der Waals surface area (Å²) in [5, 5.41) is 14.4. The second-order valence-electron chi connectivity index (χ2n) is 17.0. The van der Waals surface area contributed by atoms with Gasteiger partial charge >= 0.3 is 0 Å². The molecule has 0 atom stereocenters. The molecule has 0 aliphatic rings. The maximum Gasteiger partial charge on any atom is 0.280 e. The summed E-state index contributed by atoms with van der Waals surface area (Å²) < 4.78 is 4.73. The van der Waals surface area contributed by atoms with Gasteiger partial charge in [0, 0.05) is 34.7 Å². The van der Waals surface area contributed by atoms with Crippen molar-refractivity contribution in [3.63, 3.8) is 0 Å². The van der Waals surface area contributed by atoms with E-state index in [0.29, 0.717) is 16.2 Å². The zero-order valence-corrected chi connectivity index (χ0v) is 37.3. The maximum atomic E-state index is 12.6. The number of pyridine rings is 3. The van der Waals surface area contributed by atoms with Gasteiger partial charge < -0.3 is 0 Å². The fourth-order valence-electron chi connectivity index (χ4n) is 8.31. The number of benzene rings is 6. The Labute approximate surface area is 377 Å². The molecule has 3 N–H and O–H groups in total. The van der Waals surface area contributed by atoms with Crippen molar-refractivity contribution in [1.29, 1.82) is 0 Å². The van der Waals surface area contributed by atoms with E-state index in [1.54, 1.807) is 32.6 Å². The first-order valence-corrected chi connectivity index (χ1v) is 21.6. The number of hydrogen-bond acceptors (Lipinski definition) is 6. The first kappa shape index (κ1) is 41.4. The predicted octanol–water partition coefficient (Wildman–Crippen LogP) is 10.5. The molecular formula is C54H45N9O3. The standard InChI is InChI=1S/3C18H15N3O/c2*1-11-3-6-13(7-4-11)21-18(22)15-10-19-16-9-12(2)5-8-14(16)17(15)20-21;1-11-4-3-5-13(8-11)21-18(22)15-10-19-16-9-12(2)6-7-14(16)17(15)20-21/h3*3-10,20H,1-2H3. The first-order chi connectivity index (χ1) is 31.9. The van der Waals surface area contributed by atoms with Crippen LogP contribution < -0.4 is 16.7 Å². The van der Waals surface area contributed by atoms with Crippen LogP contribution in [0.2, 0.25) is 0 Å². The lowest BCUT2D eigenvalue weighted by Crippen LogP contribution is -2.14. The Morgan fingerprint density at radius 1 is 0.333 bits per heavy atom. The molecular weight excluding hydrogens is 823 g/mol. The number of rotatable bonds is 3. The van der Waals surface area contributed by atoms with Gasteiger partial charge in [0.1, 0.15) is 0 Å². The highest BCUT2D eigenvalue weighted by Crippen LogP contribution is 2.25. The maximum absolute atomic E-state index is 12.6. The molecule has 0 spiro atoms. The van der Waals surface area contributed by atoms with E-state index < -0.39 is 0 Å². The number of H-pyrrole nitrogens is 3. The van der Waals surface area contributed by atoms with E-state index in [1.165, 1.54) is 0 Å². The van der Waals surface area contributed by atoms with Crippen LogP contribution >= 0.6 is 0 Å². The summed E-state index contributed by atoms with van der Waals surface area (Å²) in [6, 6.07) is 41.8. The van der Waals surface area contributed by atoms with E-state index >= 15 is 0 Å². The summed E-state index contributed by atoms with van der Waals surface area (Å²) >= 11 is 0. The van der Waals surface area contributed by atoms with E-state index in [9.17, 15) is 14.4 Å². The normalized spacial score (nSPS) is 11.4. The molecule has 12 aromatic rings. The molecule has 6 heterocycles. The molecule has 12 rings (SSSR count). The van der Waals surface area contributed by atoms with E-state index in [-0.39, 0.29) is 16.7 Å². The minimum Gasteiger partial charge on any atom is -0.290 e. The van der Waals surface area contributed by atoms with Gasteiger partial charge in [-0.3, -0.25) is 44.6 Å². The van der Waals surface area contributed by atoms with Crippen LogP contribution in [0.4, 0.5) is 0 Å². The van der Waals surface area contributed by atoms with E-state index in [2.05, 4.69) is 30.2 Å². The van der Waals surface area contributed by atoms with Crippen LogP contribution in [0.15, 0.2) is 160 Å². The topological polar surface area (TPSA) is 152 Å². The quantitative estimate of drug-likeness (QED) is 0.161. The van der Waals surface area contributed by atoms with Gasteiger partial charge in [0.2, 0.25) is 0 Å². The van der Waals surface area contributed by atoms with Gasteiger partial charge in [0.25, 0.3) is 16.7 Å². The third-order valence-electron chi connectivity index (χ3n) is 11.9. The Morgan fingerprint density at radius 2 is 0.652 bits per heavy atom. The molecule has 0 amide bonds. The third kappa shape index (κ3) is 7.53. The zero-order valence-electron chi connectivity index (χ0n) is 37.3. The van der Waals surface area contributed by atoms with Gasteiger partial charge in [0.05, 0.1) is 66.3 Å². The molecule has 12 nitrogen and oxygen atoms in total. The second kappa shape index (κ2) is 16.5. The number of aromatic nitrogens is 9. The Balaban J connectivity index is 0.000000116. The number of aromatic amines is 3. The van der Waals surface area contributed by atoms with Crippen LogP contribution in [0.3, 0.4) is 0 Å². The highest BCUT2D eigenvalue weighted by molar-refractivity contribution is 6.04. The summed E-state index contributed by atoms with van der Waals surface area (Å²) in [5.41, 5.74) is 14.3. The van der Waals surface area contributed by atoms with Gasteiger partial charge in [0.15, 0.2) is 0 Å². The number of nitrogens with zero attached hydrogens (tertiary/aromatic N) is 6. The van der Waals surface area contributed by atoms with Gasteiger partial charge in [-0.1, -0.05) is 83.9 Å². The third-order valence-corrected chi connectivity index (χ3v) is 11.9. The summed E-state index contributed by atoms with van der Waals surface area (Å²) in [4.78, 5) is 51.1. The lowest BCUT2D eigenvalue weighted by Gasteiger charge is -2.02. The average Bonchev–Trinajstić information content (AvgIpc) is 3.96. The summed E-state index contributed by atoms with van der Waals surface area (Å²) in [7, 11) is 0. The van der Waals surface area contributed by atoms with Crippen LogP contribution in [-0.2, 0) is 0 Å². The minimum absolute atomic E-state index is 0.0735. The molecule has 66 heavy (non-hydrogen) atoms. The predicted molar refractivity (Wildman–Crippen MR) is 266 cm³/mol. The Bertz CT molecular complexity index is 3840. The smallest absolute Gasteiger partial charge is 0.280 e. The van der Waals surface area contributed by atoms with Crippen LogP contribution in [0.25, 0.3) is 82.5 Å². The van der Waals surface area contributed by atoms with Crippen LogP contribution in [0.5, 0.6) is 0 Å². The molecule has 12 heteroatoms. The van der Waals surface area contributed by atoms with E-state index in [4.69, 9.17) is 0 Å². The van der Waals surface area contributed by atoms with E-state index in [0.717, 1.165) is 99.7 Å². The minimum atomic E-state index is -0.0752. The zero-order chi connectivity index (χ0) is 45.8. The van der Waals surface area contributed by atoms with Gasteiger partial charge in [-0.2, -0.15) is 0 Å². The van der Waals surface area contributed by atoms with Gasteiger partial charge in [-0.15, -0.1) is 0 Å². The van der Waals surface area contributed by atoms with Crippen LogP contribution in [0, 0.1) is 41.5 Å². The summed E-state index contributed by atoms with van der Waals surface area (Å²) in [5.74, 6) is 0. The van der Waals surface area contributed by atoms with Gasteiger partial charge in [-0.05, 0) is 118 Å². The molecule has 0 bridgehead atoms. The highest BCUT2D eigenvalue weighted by Gasteiger charge is 2.15. The summed E-state index contributed by atoms with van der Waals surface area (Å²) in [6.45, 7) is 12.2. The fraction of sp³-hybridized carbons (Fsp3) is 0.111. The molecule has 324 valence electrons. The van der Waals surface area contributed by atoms with Gasteiger partial charge in [-0.25, -0.2) is 14.0 Å². The molecule has 0 aliphatic heterocycles. The Hall–Kier alpha value is -8.64. The van der Waals surface area contributed by atoms with Crippen molar-refractivity contribution in [1.82, 2.24) is 44.3 Å². The summed E-state index contributed by atoms with van der Waals surface area (Å²) in [6.07, 6.45) is 4.96. The van der Waals surface area contributed by atoms with Crippen molar-refractivity contribution in [2.45, 2.75) is 41.5 Å². The number of fused-ring (bicyclic) bond motifs is 9. The lowest BCUT2D eigenvalue weighted by atomic mass is 10.1. The van der Waals surface area contributed by atoms with Crippen molar-refractivity contribution in [3.8, 4) is 17.1 Å². The highest BCUT2D eigenvalue weighted by atomic mass is 16.1. The van der Waals surface area contributed by atoms with Crippen molar-refractivity contribution < 1.29 is 0 Å². The number of nitrogens with one attached hydrogen (secondary N) is 3. The van der Waals surface area contributed by atoms with E-state index in [1.807, 2.05) is 169 Å². The lowest BCUT2D eigenvalue weighted by molar-refractivity contribution is 0.863.